The molecule has 2 aromatic rings. The number of benzene rings is 1. The van der Waals surface area contributed by atoms with E-state index in [2.05, 4.69) is 5.32 Å². The lowest BCUT2D eigenvalue weighted by Gasteiger charge is -2.06. The van der Waals surface area contributed by atoms with E-state index < -0.39 is 11.9 Å². The van der Waals surface area contributed by atoms with Gasteiger partial charge in [-0.15, -0.1) is 0 Å². The van der Waals surface area contributed by atoms with E-state index in [1.807, 2.05) is 13.0 Å². The van der Waals surface area contributed by atoms with Gasteiger partial charge in [0, 0.05) is 11.6 Å². The van der Waals surface area contributed by atoms with E-state index in [4.69, 9.17) is 9.52 Å². The Morgan fingerprint density at radius 1 is 1.19 bits per heavy atom. The molecule has 0 bridgehead atoms. The highest BCUT2D eigenvalue weighted by molar-refractivity contribution is 6.02. The fraction of sp³-hybridized carbons (Fsp3) is 0.125. The second kappa shape index (κ2) is 6.09. The Kier molecular flexibility index (Phi) is 4.23. The quantitative estimate of drug-likeness (QED) is 0.846. The van der Waals surface area contributed by atoms with Gasteiger partial charge in [0.25, 0.3) is 5.91 Å². The van der Waals surface area contributed by atoms with E-state index in [-0.39, 0.29) is 5.70 Å². The lowest BCUT2D eigenvalue weighted by Crippen LogP contribution is -2.27. The van der Waals surface area contributed by atoms with Crippen molar-refractivity contribution in [2.75, 3.05) is 0 Å². The molecule has 1 heterocycles. The maximum absolute atomic E-state index is 12.1. The number of carboxylic acids is 1. The van der Waals surface area contributed by atoms with Crippen LogP contribution in [0.15, 0.2) is 46.5 Å². The number of amides is 1. The maximum Gasteiger partial charge on any atom is 0.352 e. The van der Waals surface area contributed by atoms with Gasteiger partial charge < -0.3 is 14.8 Å². The molecule has 1 aromatic heterocycles. The van der Waals surface area contributed by atoms with Crippen LogP contribution in [0.3, 0.4) is 0 Å². The number of furan rings is 1. The van der Waals surface area contributed by atoms with Gasteiger partial charge in [-0.25, -0.2) is 4.79 Å². The number of nitrogens with one attached hydrogen (secondary N) is 1. The third-order valence-corrected chi connectivity index (χ3v) is 2.81. The molecule has 2 rings (SSSR count). The molecule has 5 nitrogen and oxygen atoms in total. The minimum atomic E-state index is -1.23. The lowest BCUT2D eigenvalue weighted by atomic mass is 10.1. The number of carboxylic acid groups (broad SMARTS) is 1. The molecule has 0 aliphatic carbocycles. The molecule has 0 saturated heterocycles. The number of rotatable bonds is 4. The molecule has 108 valence electrons. The van der Waals surface area contributed by atoms with Gasteiger partial charge in [-0.1, -0.05) is 17.7 Å². The molecule has 2 N–H and O–H groups in total. The molecule has 0 spiro atoms. The smallest absolute Gasteiger partial charge is 0.352 e. The van der Waals surface area contributed by atoms with Gasteiger partial charge in [0.2, 0.25) is 0 Å². The van der Waals surface area contributed by atoms with Crippen molar-refractivity contribution in [1.29, 1.82) is 0 Å². The molecule has 0 radical (unpaired) electrons. The molecule has 1 amide bonds. The average molecular weight is 285 g/mol. The normalized spacial score (nSPS) is 11.2. The topological polar surface area (TPSA) is 79.5 Å². The van der Waals surface area contributed by atoms with Gasteiger partial charge in [0.15, 0.2) is 0 Å². The summed E-state index contributed by atoms with van der Waals surface area (Å²) in [5, 5.41) is 11.5. The van der Waals surface area contributed by atoms with E-state index in [0.29, 0.717) is 17.1 Å². The molecule has 0 aliphatic rings. The second-order valence-corrected chi connectivity index (χ2v) is 4.64. The van der Waals surface area contributed by atoms with Gasteiger partial charge in [-0.2, -0.15) is 0 Å². The summed E-state index contributed by atoms with van der Waals surface area (Å²) in [6.45, 7) is 3.61. The first-order valence-electron chi connectivity index (χ1n) is 6.35. The number of hydrogen-bond acceptors (Lipinski definition) is 3. The van der Waals surface area contributed by atoms with Crippen molar-refractivity contribution in [3.63, 3.8) is 0 Å². The molecular formula is C16H15NO4. The molecule has 5 heteroatoms. The van der Waals surface area contributed by atoms with E-state index in [0.717, 1.165) is 5.56 Å². The Hall–Kier alpha value is -2.82. The highest BCUT2D eigenvalue weighted by Gasteiger charge is 2.14. The molecule has 0 unspecified atom stereocenters. The first kappa shape index (κ1) is 14.6. The second-order valence-electron chi connectivity index (χ2n) is 4.64. The molecule has 0 atom stereocenters. The van der Waals surface area contributed by atoms with E-state index >= 15 is 0 Å². The van der Waals surface area contributed by atoms with Gasteiger partial charge in [-0.05, 0) is 38.1 Å². The van der Waals surface area contributed by atoms with Crippen LogP contribution < -0.4 is 5.32 Å². The van der Waals surface area contributed by atoms with Crippen molar-refractivity contribution in [2.24, 2.45) is 0 Å². The van der Waals surface area contributed by atoms with Crippen LogP contribution in [0.2, 0.25) is 0 Å². The van der Waals surface area contributed by atoms with Crippen molar-refractivity contribution >= 4 is 18.0 Å². The zero-order valence-corrected chi connectivity index (χ0v) is 11.7. The summed E-state index contributed by atoms with van der Waals surface area (Å²) in [6, 6.07) is 10.3. The third-order valence-electron chi connectivity index (χ3n) is 2.81. The number of hydrogen-bond donors (Lipinski definition) is 2. The van der Waals surface area contributed by atoms with Crippen LogP contribution in [0, 0.1) is 13.8 Å². The summed E-state index contributed by atoms with van der Waals surface area (Å²) in [5.74, 6) is -0.675. The minimum absolute atomic E-state index is 0.240. The average Bonchev–Trinajstić information content (AvgIpc) is 2.83. The highest BCUT2D eigenvalue weighted by atomic mass is 16.4. The van der Waals surface area contributed by atoms with E-state index in [1.165, 1.54) is 6.08 Å². The standard InChI is InChI=1S/C16H15NO4/c1-10-4-3-5-12(8-10)15(18)17-14(16(19)20)9-13-7-6-11(2)21-13/h3-9H,1-2H3,(H,17,18)(H,19,20)/b14-9-. The first-order chi connectivity index (χ1) is 9.95. The van der Waals surface area contributed by atoms with Crippen molar-refractivity contribution in [2.45, 2.75) is 13.8 Å². The summed E-state index contributed by atoms with van der Waals surface area (Å²) < 4.78 is 5.28. The Bertz CT molecular complexity index is 713. The molecule has 21 heavy (non-hydrogen) atoms. The fourth-order valence-electron chi connectivity index (χ4n) is 1.81. The molecule has 0 fully saturated rings. The Morgan fingerprint density at radius 3 is 2.52 bits per heavy atom. The van der Waals surface area contributed by atoms with Gasteiger partial charge in [0.05, 0.1) is 0 Å². The van der Waals surface area contributed by atoms with Crippen LogP contribution >= 0.6 is 0 Å². The predicted molar refractivity (Wildman–Crippen MR) is 77.7 cm³/mol. The van der Waals surface area contributed by atoms with Crippen LogP contribution in [0.4, 0.5) is 0 Å². The van der Waals surface area contributed by atoms with E-state index in [1.54, 1.807) is 37.3 Å². The number of aliphatic carboxylic acids is 1. The van der Waals surface area contributed by atoms with Crippen molar-refractivity contribution in [3.8, 4) is 0 Å². The SMILES string of the molecule is Cc1cccc(C(=O)N/C(=C\c2ccc(C)o2)C(=O)O)c1. The summed E-state index contributed by atoms with van der Waals surface area (Å²) in [4.78, 5) is 23.3. The summed E-state index contributed by atoms with van der Waals surface area (Å²) in [7, 11) is 0. The molecular weight excluding hydrogens is 270 g/mol. The van der Waals surface area contributed by atoms with Crippen LogP contribution in [0.1, 0.15) is 27.4 Å². The monoisotopic (exact) mass is 285 g/mol. The van der Waals surface area contributed by atoms with Crippen molar-refractivity contribution in [3.05, 3.63) is 64.7 Å². The van der Waals surface area contributed by atoms with Crippen LogP contribution in [-0.2, 0) is 4.79 Å². The number of carbonyl (C=O) groups is 2. The van der Waals surface area contributed by atoms with Gasteiger partial charge in [0.1, 0.15) is 17.2 Å². The zero-order chi connectivity index (χ0) is 15.4. The Balaban J connectivity index is 2.22. The van der Waals surface area contributed by atoms with Crippen LogP contribution in [-0.4, -0.2) is 17.0 Å². The lowest BCUT2D eigenvalue weighted by molar-refractivity contribution is -0.132. The molecule has 1 aromatic carbocycles. The van der Waals surface area contributed by atoms with Gasteiger partial charge in [-0.3, -0.25) is 4.79 Å². The van der Waals surface area contributed by atoms with E-state index in [9.17, 15) is 9.59 Å². The zero-order valence-electron chi connectivity index (χ0n) is 11.7. The summed E-state index contributed by atoms with van der Waals surface area (Å²) >= 11 is 0. The van der Waals surface area contributed by atoms with Crippen LogP contribution in [0.25, 0.3) is 6.08 Å². The first-order valence-corrected chi connectivity index (χ1v) is 6.35. The molecule has 0 aliphatic heterocycles. The van der Waals surface area contributed by atoms with Crippen molar-refractivity contribution in [1.82, 2.24) is 5.32 Å². The Labute approximate surface area is 121 Å². The fourth-order valence-corrected chi connectivity index (χ4v) is 1.81. The third kappa shape index (κ3) is 3.82. The van der Waals surface area contributed by atoms with Crippen LogP contribution in [0.5, 0.6) is 0 Å². The summed E-state index contributed by atoms with van der Waals surface area (Å²) in [6.07, 6.45) is 1.28. The number of carbonyl (C=O) groups excluding carboxylic acids is 1. The molecule has 0 saturated carbocycles. The predicted octanol–water partition coefficient (Wildman–Crippen LogP) is 2.75. The Morgan fingerprint density at radius 2 is 1.95 bits per heavy atom. The minimum Gasteiger partial charge on any atom is -0.477 e. The largest absolute Gasteiger partial charge is 0.477 e. The maximum atomic E-state index is 12.1. The van der Waals surface area contributed by atoms with Gasteiger partial charge >= 0.3 is 5.97 Å². The highest BCUT2D eigenvalue weighted by Crippen LogP contribution is 2.11. The van der Waals surface area contributed by atoms with Crippen molar-refractivity contribution < 1.29 is 19.1 Å². The summed E-state index contributed by atoms with van der Waals surface area (Å²) in [5.41, 5.74) is 1.08. The number of aryl methyl sites for hydroxylation is 2.